The average molecular weight is 508 g/mol. The van der Waals surface area contributed by atoms with Gasteiger partial charge in [0.15, 0.2) is 6.29 Å². The maximum Gasteiger partial charge on any atom is 0.232 e. The lowest BCUT2D eigenvalue weighted by atomic mass is 9.61. The molecule has 1 saturated heterocycles. The fraction of sp³-hybridized carbons (Fsp3) is 0.444. The molecule has 0 bridgehead atoms. The standard InChI is InChI=1S/C27H29N3O5S/c1-5-34-26-24(35-26)27(7-6-8-27)23(31)16-11-15(32-3)12-19-22(16)30-25(36-19)17-9-14(2)10-18-21(17)28-13-20(29-18)33-4/h9-13,23-24,26,31H,5-8H2,1-4H3. The van der Waals surface area contributed by atoms with Crippen molar-refractivity contribution in [3.8, 4) is 22.2 Å². The molecule has 0 radical (unpaired) electrons. The van der Waals surface area contributed by atoms with Crippen molar-refractivity contribution in [2.75, 3.05) is 20.8 Å². The van der Waals surface area contributed by atoms with Crippen LogP contribution in [0.4, 0.5) is 0 Å². The van der Waals surface area contributed by atoms with E-state index in [1.165, 1.54) is 0 Å². The smallest absolute Gasteiger partial charge is 0.232 e. The van der Waals surface area contributed by atoms with E-state index >= 15 is 0 Å². The number of rotatable bonds is 8. The number of aliphatic hydroxyl groups is 1. The van der Waals surface area contributed by atoms with Gasteiger partial charge < -0.3 is 24.1 Å². The summed E-state index contributed by atoms with van der Waals surface area (Å²) >= 11 is 1.56. The number of aliphatic hydroxyl groups excluding tert-OH is 1. The van der Waals surface area contributed by atoms with Crippen LogP contribution in [0.1, 0.15) is 43.4 Å². The zero-order chi connectivity index (χ0) is 25.0. The van der Waals surface area contributed by atoms with E-state index < -0.39 is 6.10 Å². The Morgan fingerprint density at radius 1 is 1.14 bits per heavy atom. The van der Waals surface area contributed by atoms with Gasteiger partial charge in [-0.2, -0.15) is 0 Å². The van der Waals surface area contributed by atoms with Gasteiger partial charge in [-0.3, -0.25) is 0 Å². The highest BCUT2D eigenvalue weighted by atomic mass is 32.1. The van der Waals surface area contributed by atoms with Crippen LogP contribution in [0, 0.1) is 12.3 Å². The van der Waals surface area contributed by atoms with Gasteiger partial charge in [-0.15, -0.1) is 11.3 Å². The molecule has 2 aliphatic rings. The molecule has 0 amide bonds. The Morgan fingerprint density at radius 3 is 2.67 bits per heavy atom. The van der Waals surface area contributed by atoms with Crippen molar-refractivity contribution in [1.29, 1.82) is 0 Å². The van der Waals surface area contributed by atoms with E-state index in [4.69, 9.17) is 23.9 Å². The normalized spacial score (nSPS) is 21.4. The monoisotopic (exact) mass is 507 g/mol. The molecule has 3 atom stereocenters. The van der Waals surface area contributed by atoms with Gasteiger partial charge in [0.25, 0.3) is 0 Å². The second kappa shape index (κ2) is 8.92. The number of aryl methyl sites for hydroxylation is 1. The minimum Gasteiger partial charge on any atom is -0.497 e. The van der Waals surface area contributed by atoms with Crippen molar-refractivity contribution in [1.82, 2.24) is 15.0 Å². The fourth-order valence-electron chi connectivity index (χ4n) is 5.38. The summed E-state index contributed by atoms with van der Waals surface area (Å²) in [5.74, 6) is 1.16. The Kier molecular flexibility index (Phi) is 5.83. The first kappa shape index (κ1) is 23.5. The summed E-state index contributed by atoms with van der Waals surface area (Å²) in [4.78, 5) is 14.3. The summed E-state index contributed by atoms with van der Waals surface area (Å²) < 4.78 is 23.4. The highest BCUT2D eigenvalue weighted by molar-refractivity contribution is 7.21. The summed E-state index contributed by atoms with van der Waals surface area (Å²) in [7, 11) is 3.23. The maximum absolute atomic E-state index is 11.8. The molecule has 6 rings (SSSR count). The number of methoxy groups -OCH3 is 2. The number of hydrogen-bond donors (Lipinski definition) is 1. The predicted octanol–water partition coefficient (Wildman–Crippen LogP) is 5.20. The number of hydrogen-bond acceptors (Lipinski definition) is 9. The topological polar surface area (TPSA) is 99.1 Å². The van der Waals surface area contributed by atoms with Gasteiger partial charge in [0.2, 0.25) is 5.88 Å². The molecule has 1 aliphatic carbocycles. The second-order valence-electron chi connectivity index (χ2n) is 9.54. The van der Waals surface area contributed by atoms with Crippen molar-refractivity contribution in [2.45, 2.75) is 51.6 Å². The van der Waals surface area contributed by atoms with Crippen molar-refractivity contribution in [3.63, 3.8) is 0 Å². The summed E-state index contributed by atoms with van der Waals surface area (Å²) in [5, 5.41) is 12.6. The third-order valence-corrected chi connectivity index (χ3v) is 8.45. The van der Waals surface area contributed by atoms with Gasteiger partial charge in [0.05, 0.1) is 47.8 Å². The molecule has 8 nitrogen and oxygen atoms in total. The molecule has 1 aliphatic heterocycles. The minimum absolute atomic E-state index is 0.105. The van der Waals surface area contributed by atoms with Crippen LogP contribution in [-0.2, 0) is 9.47 Å². The Morgan fingerprint density at radius 2 is 1.97 bits per heavy atom. The highest BCUT2D eigenvalue weighted by Crippen LogP contribution is 2.60. The fourth-order valence-corrected chi connectivity index (χ4v) is 6.43. The molecule has 36 heavy (non-hydrogen) atoms. The van der Waals surface area contributed by atoms with Crippen molar-refractivity contribution < 1.29 is 24.1 Å². The SMILES string of the molecule is CCOC1OC1C1(C(O)c2cc(OC)cc3sc(-c4cc(C)cc5nc(OC)cnc45)nc23)CCC1. The third-order valence-electron chi connectivity index (χ3n) is 7.41. The van der Waals surface area contributed by atoms with Crippen LogP contribution >= 0.6 is 11.3 Å². The number of epoxide rings is 1. The van der Waals surface area contributed by atoms with Crippen molar-refractivity contribution >= 4 is 32.6 Å². The summed E-state index contributed by atoms with van der Waals surface area (Å²) in [6, 6.07) is 7.95. The van der Waals surface area contributed by atoms with Gasteiger partial charge >= 0.3 is 0 Å². The van der Waals surface area contributed by atoms with Crippen LogP contribution in [0.25, 0.3) is 31.8 Å². The quantitative estimate of drug-likeness (QED) is 0.325. The Bertz CT molecular complexity index is 1450. The zero-order valence-corrected chi connectivity index (χ0v) is 21.6. The number of benzene rings is 2. The predicted molar refractivity (Wildman–Crippen MR) is 138 cm³/mol. The van der Waals surface area contributed by atoms with E-state index in [-0.39, 0.29) is 17.8 Å². The van der Waals surface area contributed by atoms with Crippen LogP contribution in [0.3, 0.4) is 0 Å². The molecule has 1 N–H and O–H groups in total. The number of fused-ring (bicyclic) bond motifs is 2. The van der Waals surface area contributed by atoms with Crippen LogP contribution in [0.15, 0.2) is 30.5 Å². The second-order valence-corrected chi connectivity index (χ2v) is 10.6. The number of nitrogens with zero attached hydrogens (tertiary/aromatic N) is 3. The van der Waals surface area contributed by atoms with E-state index in [1.54, 1.807) is 31.8 Å². The summed E-state index contributed by atoms with van der Waals surface area (Å²) in [6.45, 7) is 4.58. The average Bonchev–Trinajstić information content (AvgIpc) is 3.47. The molecule has 4 aromatic rings. The molecule has 2 aromatic heterocycles. The van der Waals surface area contributed by atoms with Crippen LogP contribution in [-0.4, -0.2) is 53.3 Å². The molecule has 9 heteroatoms. The van der Waals surface area contributed by atoms with Crippen LogP contribution < -0.4 is 9.47 Å². The van der Waals surface area contributed by atoms with E-state index in [2.05, 4.69) is 16.0 Å². The van der Waals surface area contributed by atoms with Crippen LogP contribution in [0.5, 0.6) is 11.6 Å². The van der Waals surface area contributed by atoms with E-state index in [1.807, 2.05) is 32.0 Å². The Balaban J connectivity index is 1.47. The van der Waals surface area contributed by atoms with E-state index in [0.717, 1.165) is 62.2 Å². The number of thiazole rings is 1. The molecule has 0 spiro atoms. The third kappa shape index (κ3) is 3.73. The number of aromatic nitrogens is 3. The van der Waals surface area contributed by atoms with Crippen LogP contribution in [0.2, 0.25) is 0 Å². The van der Waals surface area contributed by atoms with Gasteiger partial charge in [0.1, 0.15) is 16.9 Å². The maximum atomic E-state index is 11.8. The molecular weight excluding hydrogens is 478 g/mol. The first-order valence-electron chi connectivity index (χ1n) is 12.2. The Labute approximate surface area is 213 Å². The molecule has 3 unspecified atom stereocenters. The lowest BCUT2D eigenvalue weighted by molar-refractivity contribution is -0.0573. The molecule has 188 valence electrons. The van der Waals surface area contributed by atoms with Gasteiger partial charge in [-0.05, 0) is 56.5 Å². The molecule has 1 saturated carbocycles. The highest BCUT2D eigenvalue weighted by Gasteiger charge is 2.62. The molecular formula is C27H29N3O5S. The molecule has 2 aromatic carbocycles. The van der Waals surface area contributed by atoms with Gasteiger partial charge in [-0.1, -0.05) is 6.42 Å². The lowest BCUT2D eigenvalue weighted by Crippen LogP contribution is -2.42. The molecule has 3 heterocycles. The number of ether oxygens (including phenoxy) is 4. The molecule has 2 fully saturated rings. The first-order valence-corrected chi connectivity index (χ1v) is 13.0. The zero-order valence-electron chi connectivity index (χ0n) is 20.8. The van der Waals surface area contributed by atoms with E-state index in [0.29, 0.717) is 18.2 Å². The van der Waals surface area contributed by atoms with Crippen molar-refractivity contribution in [2.24, 2.45) is 5.41 Å². The lowest BCUT2D eigenvalue weighted by Gasteiger charge is -2.44. The minimum atomic E-state index is -0.743. The Hall–Kier alpha value is -2.85. The van der Waals surface area contributed by atoms with E-state index in [9.17, 15) is 5.11 Å². The first-order chi connectivity index (χ1) is 17.5. The summed E-state index contributed by atoms with van der Waals surface area (Å²) in [6.07, 6.45) is 3.36. The van der Waals surface area contributed by atoms with Crippen molar-refractivity contribution in [3.05, 3.63) is 41.6 Å². The summed E-state index contributed by atoms with van der Waals surface area (Å²) in [5.41, 5.74) is 4.64. The largest absolute Gasteiger partial charge is 0.497 e. The van der Waals surface area contributed by atoms with Gasteiger partial charge in [-0.25, -0.2) is 15.0 Å². The van der Waals surface area contributed by atoms with Gasteiger partial charge in [0, 0.05) is 23.1 Å².